The van der Waals surface area contributed by atoms with Crippen LogP contribution in [0.2, 0.25) is 0 Å². The van der Waals surface area contributed by atoms with Crippen molar-refractivity contribution in [2.45, 2.75) is 43.9 Å². The van der Waals surface area contributed by atoms with Gasteiger partial charge < -0.3 is 4.74 Å². The molecule has 6 heteroatoms. The van der Waals surface area contributed by atoms with Crippen molar-refractivity contribution in [3.63, 3.8) is 0 Å². The molecule has 2 rings (SSSR count). The molecule has 2 nitrogen and oxygen atoms in total. The monoisotopic (exact) mass is 304 g/mol. The minimum absolute atomic E-state index is 0.0794. The lowest BCUT2D eigenvalue weighted by atomic mass is 9.79. The quantitative estimate of drug-likeness (QED) is 0.612. The van der Waals surface area contributed by atoms with E-state index in [9.17, 15) is 22.4 Å². The van der Waals surface area contributed by atoms with E-state index in [1.807, 2.05) is 0 Å². The minimum Gasteiger partial charge on any atom is -0.370 e. The molecular weight excluding hydrogens is 288 g/mol. The van der Waals surface area contributed by atoms with Gasteiger partial charge in [-0.2, -0.15) is 13.2 Å². The van der Waals surface area contributed by atoms with E-state index in [0.717, 1.165) is 25.3 Å². The van der Waals surface area contributed by atoms with E-state index >= 15 is 0 Å². The van der Waals surface area contributed by atoms with Gasteiger partial charge in [0.2, 0.25) is 0 Å². The molecule has 21 heavy (non-hydrogen) atoms. The number of hydrogen-bond donors (Lipinski definition) is 0. The number of rotatable bonds is 3. The Kier molecular flexibility index (Phi) is 4.37. The summed E-state index contributed by atoms with van der Waals surface area (Å²) in [6.45, 7) is 0. The Hall–Kier alpha value is -1.43. The molecular formula is C15H16F4O2. The Morgan fingerprint density at radius 2 is 1.81 bits per heavy atom. The molecule has 0 amide bonds. The zero-order chi connectivity index (χ0) is 15.7. The highest BCUT2D eigenvalue weighted by Gasteiger charge is 2.41. The van der Waals surface area contributed by atoms with Gasteiger partial charge in [0, 0.05) is 12.7 Å². The van der Waals surface area contributed by atoms with Crippen molar-refractivity contribution in [3.8, 4) is 0 Å². The van der Waals surface area contributed by atoms with E-state index in [4.69, 9.17) is 4.74 Å². The number of methoxy groups -OCH3 is 1. The Balaban J connectivity index is 2.33. The average Bonchev–Trinajstić information content (AvgIpc) is 2.45. The van der Waals surface area contributed by atoms with E-state index in [1.165, 1.54) is 7.11 Å². The second kappa shape index (κ2) is 5.75. The summed E-state index contributed by atoms with van der Waals surface area (Å²) in [6.07, 6.45) is -1.16. The van der Waals surface area contributed by atoms with Gasteiger partial charge in [0.1, 0.15) is 11.4 Å². The molecule has 0 bridgehead atoms. The molecule has 1 aromatic carbocycles. The van der Waals surface area contributed by atoms with Crippen LogP contribution in [0.4, 0.5) is 17.6 Å². The number of carbonyl (C=O) groups excluding carboxylic acids is 1. The Labute approximate surface area is 120 Å². The zero-order valence-electron chi connectivity index (χ0n) is 11.6. The fourth-order valence-corrected chi connectivity index (χ4v) is 2.80. The lowest BCUT2D eigenvalue weighted by Gasteiger charge is -2.34. The molecule has 116 valence electrons. The third kappa shape index (κ3) is 3.10. The van der Waals surface area contributed by atoms with E-state index in [0.29, 0.717) is 25.0 Å². The first-order valence-electron chi connectivity index (χ1n) is 6.77. The summed E-state index contributed by atoms with van der Waals surface area (Å²) < 4.78 is 56.5. The minimum atomic E-state index is -4.77. The number of hydrogen-bond acceptors (Lipinski definition) is 2. The van der Waals surface area contributed by atoms with Gasteiger partial charge in [0.25, 0.3) is 0 Å². The topological polar surface area (TPSA) is 26.3 Å². The van der Waals surface area contributed by atoms with Crippen LogP contribution >= 0.6 is 0 Å². The maximum absolute atomic E-state index is 13.6. The van der Waals surface area contributed by atoms with Gasteiger partial charge in [0.05, 0.1) is 5.56 Å². The molecule has 0 aromatic heterocycles. The molecule has 0 atom stereocenters. The third-order valence-electron chi connectivity index (χ3n) is 4.00. The van der Waals surface area contributed by atoms with Crippen LogP contribution < -0.4 is 0 Å². The number of alkyl halides is 3. The Bertz CT molecular complexity index is 531. The highest BCUT2D eigenvalue weighted by Crippen LogP contribution is 2.36. The maximum atomic E-state index is 13.6. The predicted octanol–water partition coefficient (Wildman–Crippen LogP) is 4.38. The SMILES string of the molecule is COC1(C(=O)c2ccc(C(F)(F)F)c(F)c2)CCCCC1. The van der Waals surface area contributed by atoms with Gasteiger partial charge in [-0.3, -0.25) is 4.79 Å². The van der Waals surface area contributed by atoms with Crippen molar-refractivity contribution >= 4 is 5.78 Å². The van der Waals surface area contributed by atoms with Gasteiger partial charge >= 0.3 is 6.18 Å². The molecule has 1 saturated carbocycles. The summed E-state index contributed by atoms with van der Waals surface area (Å²) in [6, 6.07) is 2.28. The smallest absolute Gasteiger partial charge is 0.370 e. The standard InChI is InChI=1S/C15H16F4O2/c1-21-14(7-3-2-4-8-14)13(20)10-5-6-11(12(16)9-10)15(17,18)19/h5-6,9H,2-4,7-8H2,1H3. The number of ketones is 1. The van der Waals surface area contributed by atoms with Crippen LogP contribution in [0.5, 0.6) is 0 Å². The molecule has 1 aliphatic rings. The number of carbonyl (C=O) groups is 1. The van der Waals surface area contributed by atoms with E-state index in [2.05, 4.69) is 0 Å². The van der Waals surface area contributed by atoms with Crippen LogP contribution in [0, 0.1) is 5.82 Å². The molecule has 1 fully saturated rings. The van der Waals surface area contributed by atoms with Crippen LogP contribution in [-0.4, -0.2) is 18.5 Å². The Morgan fingerprint density at radius 3 is 2.29 bits per heavy atom. The fraction of sp³-hybridized carbons (Fsp3) is 0.533. The average molecular weight is 304 g/mol. The van der Waals surface area contributed by atoms with E-state index < -0.39 is 28.9 Å². The van der Waals surface area contributed by atoms with E-state index in [-0.39, 0.29) is 5.56 Å². The summed E-state index contributed by atoms with van der Waals surface area (Å²) in [5.41, 5.74) is -2.48. The summed E-state index contributed by atoms with van der Waals surface area (Å²) >= 11 is 0. The first-order valence-corrected chi connectivity index (χ1v) is 6.77. The predicted molar refractivity (Wildman–Crippen MR) is 68.6 cm³/mol. The lowest BCUT2D eigenvalue weighted by molar-refractivity contribution is -0.140. The molecule has 0 N–H and O–H groups in total. The first-order chi connectivity index (χ1) is 9.80. The van der Waals surface area contributed by atoms with Crippen molar-refractivity contribution in [2.24, 2.45) is 0 Å². The number of Topliss-reactive ketones (excluding diaryl/α,β-unsaturated/α-hetero) is 1. The largest absolute Gasteiger partial charge is 0.419 e. The van der Waals surface area contributed by atoms with Crippen molar-refractivity contribution in [1.82, 2.24) is 0 Å². The molecule has 1 aromatic rings. The lowest BCUT2D eigenvalue weighted by Crippen LogP contribution is -2.42. The highest BCUT2D eigenvalue weighted by molar-refractivity contribution is 6.02. The summed E-state index contributed by atoms with van der Waals surface area (Å²) in [7, 11) is 1.41. The van der Waals surface area contributed by atoms with Crippen molar-refractivity contribution < 1.29 is 27.1 Å². The normalized spacial score (nSPS) is 18.5. The number of ether oxygens (including phenoxy) is 1. The second-order valence-electron chi connectivity index (χ2n) is 5.28. The van der Waals surface area contributed by atoms with Crippen molar-refractivity contribution in [2.75, 3.05) is 7.11 Å². The zero-order valence-corrected chi connectivity index (χ0v) is 11.6. The molecule has 0 radical (unpaired) electrons. The van der Waals surface area contributed by atoms with Gasteiger partial charge in [-0.1, -0.05) is 25.3 Å². The second-order valence-corrected chi connectivity index (χ2v) is 5.28. The molecule has 0 heterocycles. The van der Waals surface area contributed by atoms with Crippen LogP contribution in [0.15, 0.2) is 18.2 Å². The number of halogens is 4. The number of benzene rings is 1. The highest BCUT2D eigenvalue weighted by atomic mass is 19.4. The van der Waals surface area contributed by atoms with Crippen LogP contribution in [0.25, 0.3) is 0 Å². The summed E-state index contributed by atoms with van der Waals surface area (Å²) in [5, 5.41) is 0. The van der Waals surface area contributed by atoms with Gasteiger partial charge in [-0.15, -0.1) is 0 Å². The molecule has 0 unspecified atom stereocenters. The van der Waals surface area contributed by atoms with Gasteiger partial charge in [-0.25, -0.2) is 4.39 Å². The summed E-state index contributed by atoms with van der Waals surface area (Å²) in [5.74, 6) is -1.88. The van der Waals surface area contributed by atoms with Crippen molar-refractivity contribution in [1.29, 1.82) is 0 Å². The molecule has 1 aliphatic carbocycles. The van der Waals surface area contributed by atoms with Crippen LogP contribution in [0.3, 0.4) is 0 Å². The van der Waals surface area contributed by atoms with Gasteiger partial charge in [-0.05, 0) is 25.0 Å². The Morgan fingerprint density at radius 1 is 1.19 bits per heavy atom. The fourth-order valence-electron chi connectivity index (χ4n) is 2.80. The molecule has 0 aliphatic heterocycles. The van der Waals surface area contributed by atoms with Crippen molar-refractivity contribution in [3.05, 3.63) is 35.1 Å². The third-order valence-corrected chi connectivity index (χ3v) is 4.00. The molecule has 0 spiro atoms. The van der Waals surface area contributed by atoms with E-state index in [1.54, 1.807) is 0 Å². The summed E-state index contributed by atoms with van der Waals surface area (Å²) in [4.78, 5) is 12.5. The maximum Gasteiger partial charge on any atom is 0.419 e. The van der Waals surface area contributed by atoms with Gasteiger partial charge in [0.15, 0.2) is 5.78 Å². The van der Waals surface area contributed by atoms with Crippen LogP contribution in [0.1, 0.15) is 48.0 Å². The van der Waals surface area contributed by atoms with Crippen LogP contribution in [-0.2, 0) is 10.9 Å². The molecule has 0 saturated heterocycles. The first kappa shape index (κ1) is 15.9.